The van der Waals surface area contributed by atoms with Gasteiger partial charge in [0.2, 0.25) is 0 Å². The highest BCUT2D eigenvalue weighted by atomic mass is 32.2. The van der Waals surface area contributed by atoms with E-state index in [2.05, 4.69) is 8.37 Å². The van der Waals surface area contributed by atoms with Crippen molar-refractivity contribution >= 4 is 20.2 Å². The van der Waals surface area contributed by atoms with Crippen LogP contribution in [-0.4, -0.2) is 27.9 Å². The van der Waals surface area contributed by atoms with Gasteiger partial charge in [-0.05, 0) is 41.8 Å². The fourth-order valence-electron chi connectivity index (χ4n) is 2.00. The van der Waals surface area contributed by atoms with Gasteiger partial charge in [0, 0.05) is 0 Å². The molecular weight excluding hydrogens is 454 g/mol. The minimum atomic E-state index is -5.87. The molecule has 0 bridgehead atoms. The first-order valence-corrected chi connectivity index (χ1v) is 10.1. The van der Waals surface area contributed by atoms with Crippen molar-refractivity contribution in [3.8, 4) is 11.5 Å². The van der Waals surface area contributed by atoms with Crippen LogP contribution < -0.4 is 8.37 Å². The minimum Gasteiger partial charge on any atom is -0.376 e. The lowest BCUT2D eigenvalue weighted by molar-refractivity contribution is -0.0504. The van der Waals surface area contributed by atoms with Crippen LogP contribution in [0.2, 0.25) is 0 Å². The van der Waals surface area contributed by atoms with E-state index in [1.165, 1.54) is 24.3 Å². The number of alkyl halides is 6. The Labute approximate surface area is 160 Å². The van der Waals surface area contributed by atoms with Crippen molar-refractivity contribution < 1.29 is 51.5 Å². The van der Waals surface area contributed by atoms with E-state index in [4.69, 9.17) is 0 Å². The number of hydrogen-bond acceptors (Lipinski definition) is 6. The lowest BCUT2D eigenvalue weighted by Gasteiger charge is -2.11. The molecule has 0 heterocycles. The topological polar surface area (TPSA) is 86.7 Å². The largest absolute Gasteiger partial charge is 0.534 e. The van der Waals surface area contributed by atoms with Gasteiger partial charge in [0.15, 0.2) is 0 Å². The molecule has 0 N–H and O–H groups in total. The zero-order valence-electron chi connectivity index (χ0n) is 13.9. The second kappa shape index (κ2) is 7.74. The Bertz CT molecular complexity index is 1000. The first kappa shape index (κ1) is 22.8. The zero-order valence-corrected chi connectivity index (χ0v) is 15.5. The predicted octanol–water partition coefficient (Wildman–Crippen LogP) is 3.73. The smallest absolute Gasteiger partial charge is 0.376 e. The standard InChI is InChI=1S/C15H10F6O6S2/c16-14(17,18)28(22,23)26-12-5-1-3-10(8-12)7-11-4-2-6-13(9-11)27-29(24,25)15(19,20)21/h1-6,8-9H,7H2. The second-order valence-corrected chi connectivity index (χ2v) is 8.51. The highest BCUT2D eigenvalue weighted by Gasteiger charge is 2.49. The molecule has 0 radical (unpaired) electrons. The fourth-order valence-corrected chi connectivity index (χ4v) is 2.90. The van der Waals surface area contributed by atoms with Gasteiger partial charge < -0.3 is 8.37 Å². The van der Waals surface area contributed by atoms with Gasteiger partial charge in [0.25, 0.3) is 0 Å². The first-order chi connectivity index (χ1) is 13.1. The molecule has 0 unspecified atom stereocenters. The lowest BCUT2D eigenvalue weighted by atomic mass is 10.0. The molecule has 14 heteroatoms. The van der Waals surface area contributed by atoms with Gasteiger partial charge in [-0.2, -0.15) is 43.2 Å². The number of hydrogen-bond donors (Lipinski definition) is 0. The molecule has 0 aliphatic carbocycles. The van der Waals surface area contributed by atoms with E-state index in [-0.39, 0.29) is 17.5 Å². The van der Waals surface area contributed by atoms with Crippen LogP contribution in [-0.2, 0) is 26.7 Å². The van der Waals surface area contributed by atoms with Gasteiger partial charge in [0.05, 0.1) is 0 Å². The average molecular weight is 464 g/mol. The Balaban J connectivity index is 2.22. The summed E-state index contributed by atoms with van der Waals surface area (Å²) < 4.78 is 126. The summed E-state index contributed by atoms with van der Waals surface area (Å²) in [6, 6.07) is 9.03. The van der Waals surface area contributed by atoms with Crippen LogP contribution in [0.25, 0.3) is 0 Å². The van der Waals surface area contributed by atoms with Crippen molar-refractivity contribution in [2.45, 2.75) is 17.4 Å². The van der Waals surface area contributed by atoms with Crippen LogP contribution in [0.1, 0.15) is 11.1 Å². The van der Waals surface area contributed by atoms with Gasteiger partial charge in [0.1, 0.15) is 11.5 Å². The van der Waals surface area contributed by atoms with Crippen molar-refractivity contribution in [3.63, 3.8) is 0 Å². The molecule has 160 valence electrons. The Hall–Kier alpha value is -2.48. The Morgan fingerprint density at radius 2 is 1.00 bits per heavy atom. The molecule has 2 aromatic rings. The summed E-state index contributed by atoms with van der Waals surface area (Å²) >= 11 is 0. The van der Waals surface area contributed by atoms with Crippen LogP contribution >= 0.6 is 0 Å². The summed E-state index contributed by atoms with van der Waals surface area (Å²) in [5.41, 5.74) is -10.8. The van der Waals surface area contributed by atoms with Crippen molar-refractivity contribution in [2.75, 3.05) is 0 Å². The Morgan fingerprint density at radius 1 is 0.655 bits per heavy atom. The van der Waals surface area contributed by atoms with Crippen molar-refractivity contribution in [2.24, 2.45) is 0 Å². The maximum atomic E-state index is 12.4. The number of halogens is 6. The van der Waals surface area contributed by atoms with Crippen molar-refractivity contribution in [3.05, 3.63) is 59.7 Å². The molecule has 6 nitrogen and oxygen atoms in total. The van der Waals surface area contributed by atoms with Gasteiger partial charge >= 0.3 is 31.3 Å². The van der Waals surface area contributed by atoms with Crippen LogP contribution in [0.4, 0.5) is 26.3 Å². The molecule has 29 heavy (non-hydrogen) atoms. The molecule has 0 saturated heterocycles. The molecule has 0 spiro atoms. The zero-order chi connectivity index (χ0) is 22.1. The van der Waals surface area contributed by atoms with Gasteiger partial charge in [-0.15, -0.1) is 0 Å². The van der Waals surface area contributed by atoms with E-state index < -0.39 is 42.8 Å². The maximum absolute atomic E-state index is 12.4. The molecule has 0 saturated carbocycles. The third kappa shape index (κ3) is 5.76. The molecule has 2 rings (SSSR count). The monoisotopic (exact) mass is 464 g/mol. The molecule has 0 atom stereocenters. The predicted molar refractivity (Wildman–Crippen MR) is 86.9 cm³/mol. The summed E-state index contributed by atoms with van der Waals surface area (Å²) in [6.07, 6.45) is -0.105. The van der Waals surface area contributed by atoms with E-state index in [9.17, 15) is 43.2 Å². The molecule has 0 aromatic heterocycles. The Kier molecular flexibility index (Phi) is 6.09. The second-order valence-electron chi connectivity index (χ2n) is 5.44. The van der Waals surface area contributed by atoms with E-state index in [1.807, 2.05) is 0 Å². The van der Waals surface area contributed by atoms with Gasteiger partial charge in [-0.1, -0.05) is 24.3 Å². The van der Waals surface area contributed by atoms with Crippen LogP contribution in [0.5, 0.6) is 11.5 Å². The number of rotatable bonds is 6. The summed E-state index contributed by atoms with van der Waals surface area (Å²) in [5.74, 6) is -1.27. The third-order valence-electron chi connectivity index (χ3n) is 3.18. The summed E-state index contributed by atoms with van der Waals surface area (Å²) in [6.45, 7) is 0. The third-order valence-corrected chi connectivity index (χ3v) is 5.14. The molecule has 2 aromatic carbocycles. The van der Waals surface area contributed by atoms with Crippen molar-refractivity contribution in [1.29, 1.82) is 0 Å². The molecule has 0 aliphatic heterocycles. The van der Waals surface area contributed by atoms with E-state index in [1.54, 1.807) is 0 Å². The highest BCUT2D eigenvalue weighted by Crippen LogP contribution is 2.29. The van der Waals surface area contributed by atoms with E-state index >= 15 is 0 Å². The molecule has 0 amide bonds. The van der Waals surface area contributed by atoms with Crippen LogP contribution in [0.3, 0.4) is 0 Å². The van der Waals surface area contributed by atoms with Crippen molar-refractivity contribution in [1.82, 2.24) is 0 Å². The lowest BCUT2D eigenvalue weighted by Crippen LogP contribution is -2.28. The molecule has 0 fully saturated rings. The summed E-state index contributed by atoms with van der Waals surface area (Å²) in [5, 5.41) is 0. The maximum Gasteiger partial charge on any atom is 0.534 e. The summed E-state index contributed by atoms with van der Waals surface area (Å²) in [7, 11) is -11.7. The minimum absolute atomic E-state index is 0.105. The van der Waals surface area contributed by atoms with Crippen LogP contribution in [0, 0.1) is 0 Å². The summed E-state index contributed by atoms with van der Waals surface area (Å²) in [4.78, 5) is 0. The average Bonchev–Trinajstić information content (AvgIpc) is 2.52. The molecule has 0 aliphatic rings. The normalized spacial score (nSPS) is 13.2. The highest BCUT2D eigenvalue weighted by molar-refractivity contribution is 7.88. The van der Waals surface area contributed by atoms with E-state index in [0.29, 0.717) is 0 Å². The fraction of sp³-hybridized carbons (Fsp3) is 0.200. The first-order valence-electron chi connectivity index (χ1n) is 7.30. The molecular formula is C15H10F6O6S2. The number of benzene rings is 2. The SMILES string of the molecule is O=S(=O)(Oc1cccc(Cc2cccc(OS(=O)(=O)C(F)(F)F)c2)c1)C(F)(F)F. The van der Waals surface area contributed by atoms with Crippen LogP contribution in [0.15, 0.2) is 48.5 Å². The van der Waals surface area contributed by atoms with Gasteiger partial charge in [-0.25, -0.2) is 0 Å². The quantitative estimate of drug-likeness (QED) is 0.368. The van der Waals surface area contributed by atoms with Gasteiger partial charge in [-0.3, -0.25) is 0 Å². The Morgan fingerprint density at radius 3 is 1.31 bits per heavy atom. The van der Waals surface area contributed by atoms with E-state index in [0.717, 1.165) is 24.3 Å².